The number of nitrogens with zero attached hydrogens (tertiary/aromatic N) is 2. The van der Waals surface area contributed by atoms with E-state index in [1.807, 2.05) is 24.0 Å². The van der Waals surface area contributed by atoms with E-state index >= 15 is 0 Å². The maximum absolute atomic E-state index is 13.0. The Morgan fingerprint density at radius 3 is 2.30 bits per heavy atom. The Bertz CT molecular complexity index is 1790. The van der Waals surface area contributed by atoms with E-state index in [9.17, 15) is 39.0 Å². The number of benzene rings is 2. The number of aliphatic carboxylic acids is 3. The van der Waals surface area contributed by atoms with E-state index in [1.54, 1.807) is 12.1 Å². The van der Waals surface area contributed by atoms with Gasteiger partial charge in [0.25, 0.3) is 11.5 Å². The van der Waals surface area contributed by atoms with Crippen LogP contribution in [0.5, 0.6) is 0 Å². The first-order valence-electron chi connectivity index (χ1n) is 15.0. The molecule has 4 rings (SSSR count). The molecule has 6 N–H and O–H groups in total. The van der Waals surface area contributed by atoms with Crippen LogP contribution in [0, 0.1) is 12.3 Å². The molecule has 0 aliphatic heterocycles. The van der Waals surface area contributed by atoms with Gasteiger partial charge in [-0.25, -0.2) is 14.6 Å². The van der Waals surface area contributed by atoms with Gasteiger partial charge in [-0.2, -0.15) is 0 Å². The molecule has 0 fully saturated rings. The van der Waals surface area contributed by atoms with Crippen LogP contribution >= 0.6 is 0 Å². The molecule has 1 aromatic heterocycles. The van der Waals surface area contributed by atoms with Crippen LogP contribution in [0.15, 0.2) is 41.2 Å². The number of carbonyl (C=O) groups is 5. The summed E-state index contributed by atoms with van der Waals surface area (Å²) in [5, 5.41) is 32.7. The minimum atomic E-state index is -1.45. The molecule has 0 bridgehead atoms. The Balaban J connectivity index is 1.44. The standard InChI is InChI=1S/C33H35N5O9/c1-3-15-38(26-12-7-19-16-25-22(17-21(19)26)31(43)37-27(4-2)34-25)20-8-5-18(6-9-20)30(42)36-24(33(46)47)10-13-28(39)35-23(32(44)45)11-14-29(40)41/h1,5-6,8-9,16-17,23-24,26H,4,7,10-15H2,2H3,(H,35,39)(H,36,42)(H,40,41)(H,44,45)(H,46,47)(H,34,37,43)/t23-,24+,26?/m1/s1. The number of aromatic amines is 1. The van der Waals surface area contributed by atoms with Gasteiger partial charge in [-0.1, -0.05) is 12.8 Å². The van der Waals surface area contributed by atoms with Gasteiger partial charge in [0.15, 0.2) is 0 Å². The van der Waals surface area contributed by atoms with E-state index in [1.165, 1.54) is 12.1 Å². The number of aryl methyl sites for hydroxylation is 2. The van der Waals surface area contributed by atoms with E-state index < -0.39 is 54.6 Å². The Hall–Kier alpha value is -5.71. The lowest BCUT2D eigenvalue weighted by Gasteiger charge is -2.30. The molecule has 0 radical (unpaired) electrons. The van der Waals surface area contributed by atoms with Gasteiger partial charge in [0, 0.05) is 30.5 Å². The number of rotatable bonds is 15. The third kappa shape index (κ3) is 8.31. The van der Waals surface area contributed by atoms with Crippen molar-refractivity contribution in [2.75, 3.05) is 11.4 Å². The molecule has 1 heterocycles. The fourth-order valence-corrected chi connectivity index (χ4v) is 5.61. The third-order valence-corrected chi connectivity index (χ3v) is 8.04. The number of carbonyl (C=O) groups excluding carboxylic acids is 2. The van der Waals surface area contributed by atoms with Crippen molar-refractivity contribution < 1.29 is 39.3 Å². The van der Waals surface area contributed by atoms with Crippen LogP contribution in [0.1, 0.15) is 72.4 Å². The maximum Gasteiger partial charge on any atom is 0.326 e. The highest BCUT2D eigenvalue weighted by molar-refractivity contribution is 5.97. The van der Waals surface area contributed by atoms with Crippen LogP contribution < -0.4 is 21.1 Å². The van der Waals surface area contributed by atoms with Crippen molar-refractivity contribution in [2.45, 2.75) is 70.0 Å². The van der Waals surface area contributed by atoms with Gasteiger partial charge in [0.2, 0.25) is 5.91 Å². The monoisotopic (exact) mass is 645 g/mol. The fraction of sp³-hybridized carbons (Fsp3) is 0.364. The summed E-state index contributed by atoms with van der Waals surface area (Å²) in [5.41, 5.74) is 3.35. The molecule has 1 aliphatic carbocycles. The summed E-state index contributed by atoms with van der Waals surface area (Å²) in [6.07, 6.45) is 6.26. The normalized spacial score (nSPS) is 14.8. The number of carboxylic acid groups (broad SMARTS) is 3. The molecule has 3 aromatic rings. The first kappa shape index (κ1) is 34.2. The van der Waals surface area contributed by atoms with Crippen LogP contribution in [0.4, 0.5) is 5.69 Å². The van der Waals surface area contributed by atoms with Gasteiger partial charge >= 0.3 is 17.9 Å². The zero-order chi connectivity index (χ0) is 34.2. The maximum atomic E-state index is 13.0. The van der Waals surface area contributed by atoms with Crippen molar-refractivity contribution in [3.63, 3.8) is 0 Å². The Morgan fingerprint density at radius 1 is 1.02 bits per heavy atom. The third-order valence-electron chi connectivity index (χ3n) is 8.04. The van der Waals surface area contributed by atoms with Crippen LogP contribution in [0.2, 0.25) is 0 Å². The molecule has 0 saturated heterocycles. The van der Waals surface area contributed by atoms with Crippen molar-refractivity contribution in [2.24, 2.45) is 0 Å². The number of carboxylic acids is 3. The summed E-state index contributed by atoms with van der Waals surface area (Å²) < 4.78 is 0. The minimum Gasteiger partial charge on any atom is -0.481 e. The molecular weight excluding hydrogens is 610 g/mol. The molecule has 14 heteroatoms. The van der Waals surface area contributed by atoms with Gasteiger partial charge in [-0.15, -0.1) is 6.42 Å². The summed E-state index contributed by atoms with van der Waals surface area (Å²) in [4.78, 5) is 81.3. The lowest BCUT2D eigenvalue weighted by molar-refractivity contribution is -0.143. The van der Waals surface area contributed by atoms with Crippen LogP contribution in [-0.2, 0) is 32.0 Å². The predicted octanol–water partition coefficient (Wildman–Crippen LogP) is 2.01. The number of hydrogen-bond donors (Lipinski definition) is 6. The zero-order valence-corrected chi connectivity index (χ0v) is 25.6. The summed E-state index contributed by atoms with van der Waals surface area (Å²) in [6.45, 7) is 2.17. The number of anilines is 1. The first-order chi connectivity index (χ1) is 22.4. The van der Waals surface area contributed by atoms with Gasteiger partial charge in [-0.3, -0.25) is 19.2 Å². The molecule has 0 spiro atoms. The van der Waals surface area contributed by atoms with Crippen molar-refractivity contribution in [3.05, 3.63) is 69.3 Å². The van der Waals surface area contributed by atoms with Crippen molar-refractivity contribution in [1.29, 1.82) is 0 Å². The molecule has 1 aliphatic rings. The highest BCUT2D eigenvalue weighted by Gasteiger charge is 2.30. The number of terminal acetylenes is 1. The largest absolute Gasteiger partial charge is 0.481 e. The number of H-pyrrole nitrogens is 1. The lowest BCUT2D eigenvalue weighted by Crippen LogP contribution is -2.44. The Labute approximate surface area is 269 Å². The van der Waals surface area contributed by atoms with E-state index in [4.69, 9.17) is 11.5 Å². The summed E-state index contributed by atoms with van der Waals surface area (Å²) >= 11 is 0. The second-order valence-corrected chi connectivity index (χ2v) is 11.2. The zero-order valence-electron chi connectivity index (χ0n) is 25.6. The minimum absolute atomic E-state index is 0.136. The SMILES string of the molecule is C#CCN(c1ccc(C(=O)N[C@@H](CCC(=O)N[C@H](CCC(=O)O)C(=O)O)C(=O)O)cc1)C1CCc2cc3nc(CC)[nH]c(=O)c3cc21. The predicted molar refractivity (Wildman–Crippen MR) is 170 cm³/mol. The fourth-order valence-electron chi connectivity index (χ4n) is 5.61. The second kappa shape index (κ2) is 15.0. The lowest BCUT2D eigenvalue weighted by atomic mass is 10.0. The molecule has 1 unspecified atom stereocenters. The van der Waals surface area contributed by atoms with Crippen molar-refractivity contribution in [1.82, 2.24) is 20.6 Å². The highest BCUT2D eigenvalue weighted by Crippen LogP contribution is 2.39. The number of nitrogens with one attached hydrogen (secondary N) is 3. The smallest absolute Gasteiger partial charge is 0.326 e. The topological polar surface area (TPSA) is 219 Å². The molecular formula is C33H35N5O9. The molecule has 14 nitrogen and oxygen atoms in total. The van der Waals surface area contributed by atoms with Gasteiger partial charge < -0.3 is 35.8 Å². The Morgan fingerprint density at radius 2 is 1.68 bits per heavy atom. The van der Waals surface area contributed by atoms with Gasteiger partial charge in [0.1, 0.15) is 17.9 Å². The molecule has 2 amide bonds. The first-order valence-corrected chi connectivity index (χ1v) is 15.0. The number of aromatic nitrogens is 2. The van der Waals surface area contributed by atoms with Crippen LogP contribution in [-0.4, -0.2) is 73.6 Å². The van der Waals surface area contributed by atoms with E-state index in [-0.39, 0.29) is 36.6 Å². The summed E-state index contributed by atoms with van der Waals surface area (Å²) in [5.74, 6) is -2.24. The number of fused-ring (bicyclic) bond motifs is 2. The van der Waals surface area contributed by atoms with Crippen LogP contribution in [0.25, 0.3) is 10.9 Å². The van der Waals surface area contributed by atoms with Crippen molar-refractivity contribution >= 4 is 46.3 Å². The molecule has 246 valence electrons. The average molecular weight is 646 g/mol. The van der Waals surface area contributed by atoms with Gasteiger partial charge in [0.05, 0.1) is 23.5 Å². The molecule has 3 atom stereocenters. The molecule has 2 aromatic carbocycles. The van der Waals surface area contributed by atoms with E-state index in [2.05, 4.69) is 26.5 Å². The summed E-state index contributed by atoms with van der Waals surface area (Å²) in [6, 6.07) is 7.21. The Kier molecular flexibility index (Phi) is 10.9. The quantitative estimate of drug-likeness (QED) is 0.131. The summed E-state index contributed by atoms with van der Waals surface area (Å²) in [7, 11) is 0. The second-order valence-electron chi connectivity index (χ2n) is 11.2. The molecule has 0 saturated carbocycles. The average Bonchev–Trinajstić information content (AvgIpc) is 3.44. The van der Waals surface area contributed by atoms with E-state index in [0.717, 1.165) is 24.0 Å². The van der Waals surface area contributed by atoms with Crippen molar-refractivity contribution in [3.8, 4) is 12.3 Å². The van der Waals surface area contributed by atoms with Crippen LogP contribution in [0.3, 0.4) is 0 Å². The number of amides is 2. The van der Waals surface area contributed by atoms with E-state index in [0.29, 0.717) is 28.8 Å². The van der Waals surface area contributed by atoms with Gasteiger partial charge in [-0.05, 0) is 73.2 Å². The number of hydrogen-bond acceptors (Lipinski definition) is 8. The highest BCUT2D eigenvalue weighted by atomic mass is 16.4. The molecule has 47 heavy (non-hydrogen) atoms.